The van der Waals surface area contributed by atoms with Crippen molar-refractivity contribution in [3.05, 3.63) is 10.4 Å². The second-order valence-electron chi connectivity index (χ2n) is 8.59. The average molecular weight is 1110 g/mol. The number of rotatable bonds is 0. The molecule has 4 aliphatic rings. The second kappa shape index (κ2) is 52.9. The Kier molecular flexibility index (Phi) is 61.7. The fourth-order valence-corrected chi connectivity index (χ4v) is 44.5. The molecule has 0 N–H and O–H groups in total. The molecule has 0 atom stereocenters. The maximum Gasteiger partial charge on any atom is 1.00 e. The Hall–Kier alpha value is 5.88. The Morgan fingerprint density at radius 2 is 0.417 bits per heavy atom. The third-order valence-electron chi connectivity index (χ3n) is 5.07. The first kappa shape index (κ1) is 56.0. The summed E-state index contributed by atoms with van der Waals surface area (Å²) in [6.45, 7) is 14.1. The molecule has 2 saturated heterocycles. The van der Waals surface area contributed by atoms with Crippen LogP contribution < -0.4 is 103 Å². The van der Waals surface area contributed by atoms with Crippen molar-refractivity contribution in [1.29, 1.82) is 0 Å². The molecule has 48 heavy (non-hydrogen) atoms. The first-order valence-corrected chi connectivity index (χ1v) is 40.6. The molecular weight excluding hydrogens is 1060 g/mol. The Balaban J connectivity index is 0. The molecule has 4 aliphatic heterocycles. The van der Waals surface area contributed by atoms with Crippen molar-refractivity contribution in [2.45, 2.75) is 0 Å². The van der Waals surface area contributed by atoms with Crippen LogP contribution in [0.15, 0.2) is 0 Å². The van der Waals surface area contributed by atoms with Gasteiger partial charge in [0.15, 0.2) is 0 Å². The van der Waals surface area contributed by atoms with Gasteiger partial charge in [-0.25, -0.2) is 0 Å². The van der Waals surface area contributed by atoms with Crippen molar-refractivity contribution < 1.29 is 160 Å². The van der Waals surface area contributed by atoms with Gasteiger partial charge in [0.1, 0.15) is 0 Å². The largest absolute Gasteiger partial charge is 1.00 e. The van der Waals surface area contributed by atoms with Gasteiger partial charge in [-0.2, -0.15) is 0 Å². The van der Waals surface area contributed by atoms with Crippen LogP contribution in [0.3, 0.4) is 0 Å². The summed E-state index contributed by atoms with van der Waals surface area (Å²) in [6, 6.07) is 0. The van der Waals surface area contributed by atoms with E-state index in [9.17, 15) is 0 Å². The van der Waals surface area contributed by atoms with Gasteiger partial charge in [0, 0.05) is 0 Å². The molecule has 268 valence electrons. The van der Waals surface area contributed by atoms with E-state index in [1.807, 2.05) is 0 Å². The van der Waals surface area contributed by atoms with Crippen LogP contribution in [0, 0.1) is 10.4 Å². The molecule has 0 aromatic heterocycles. The molecular formula is C28H52As6K2O12. The van der Waals surface area contributed by atoms with Gasteiger partial charge in [-0.1, -0.05) is 0 Å². The van der Waals surface area contributed by atoms with Crippen LogP contribution in [0.1, 0.15) is 0 Å². The molecule has 20 heteroatoms. The van der Waals surface area contributed by atoms with Crippen LogP contribution in [-0.4, -0.2) is 243 Å². The standard InChI is InChI=1S/2C12H24O6.2C2H2As3.2K/c2*1-2-14-5-6-16-9-10-18-12-11-17-8-7-15-4-3-13-1;2*1-2-4-5-3-1;;/h2*1-12H2;2*1-2H;;/q;;2*-1;2*+1. The summed E-state index contributed by atoms with van der Waals surface area (Å²) in [6.07, 6.45) is 0. The van der Waals surface area contributed by atoms with Crippen molar-refractivity contribution >= 4 is 84.5 Å². The summed E-state index contributed by atoms with van der Waals surface area (Å²) in [5, 5.41) is 4.83. The Morgan fingerprint density at radius 1 is 0.271 bits per heavy atom. The normalized spacial score (nSPS) is 23.7. The molecule has 0 bridgehead atoms. The van der Waals surface area contributed by atoms with Crippen molar-refractivity contribution in [3.63, 3.8) is 0 Å². The van der Waals surface area contributed by atoms with Gasteiger partial charge >= 0.3 is 198 Å². The van der Waals surface area contributed by atoms with E-state index < -0.39 is 0 Å². The fraction of sp³-hybridized carbons (Fsp3) is 0.857. The van der Waals surface area contributed by atoms with Gasteiger partial charge in [0.2, 0.25) is 0 Å². The topological polar surface area (TPSA) is 111 Å². The van der Waals surface area contributed by atoms with Gasteiger partial charge < -0.3 is 56.8 Å². The molecule has 0 radical (unpaired) electrons. The van der Waals surface area contributed by atoms with E-state index in [0.29, 0.717) is 159 Å². The van der Waals surface area contributed by atoms with Crippen LogP contribution in [0.25, 0.3) is 0 Å². The Morgan fingerprint density at radius 3 is 0.479 bits per heavy atom. The van der Waals surface area contributed by atoms with Gasteiger partial charge in [-0.3, -0.25) is 0 Å². The monoisotopic (exact) mass is 1110 g/mol. The molecule has 2 fully saturated rings. The first-order valence-electron chi connectivity index (χ1n) is 15.4. The van der Waals surface area contributed by atoms with E-state index in [1.54, 1.807) is 0 Å². The van der Waals surface area contributed by atoms with E-state index in [2.05, 4.69) is 20.0 Å². The third-order valence-corrected chi connectivity index (χ3v) is 44.2. The molecule has 0 unspecified atom stereocenters. The van der Waals surface area contributed by atoms with Crippen LogP contribution in [0.4, 0.5) is 0 Å². The Bertz CT molecular complexity index is 508. The van der Waals surface area contributed by atoms with Crippen molar-refractivity contribution in [3.8, 4) is 0 Å². The van der Waals surface area contributed by atoms with Gasteiger partial charge in [-0.15, -0.1) is 0 Å². The van der Waals surface area contributed by atoms with E-state index in [4.69, 9.17) is 56.8 Å². The summed E-state index contributed by atoms with van der Waals surface area (Å²) >= 11 is 5.10. The van der Waals surface area contributed by atoms with Crippen LogP contribution in [-0.2, 0) is 56.8 Å². The number of hydrogen-bond donors (Lipinski definition) is 0. The molecule has 4 heterocycles. The minimum atomic E-state index is 0. The maximum atomic E-state index is 5.33. The Labute approximate surface area is 405 Å². The summed E-state index contributed by atoms with van der Waals surface area (Å²) in [5.41, 5.74) is 0. The molecule has 4 rings (SSSR count). The van der Waals surface area contributed by atoms with Crippen LogP contribution >= 0.6 is 0 Å². The van der Waals surface area contributed by atoms with Crippen LogP contribution in [0.2, 0.25) is 0 Å². The van der Waals surface area contributed by atoms with Crippen molar-refractivity contribution in [2.75, 3.05) is 159 Å². The zero-order chi connectivity index (χ0) is 32.5. The zero-order valence-corrected chi connectivity index (χ0v) is 46.4. The summed E-state index contributed by atoms with van der Waals surface area (Å²) < 4.78 is 63.9. The van der Waals surface area contributed by atoms with E-state index in [0.717, 1.165) is 74.9 Å². The SMILES string of the molecule is C1=[As][As]=[As][CH-]1.C1=[As][As]=[As][CH-]1.C1COCCOCCOCCOCCOCCO1.C1COCCOCCOCCOCCOCCO1.[K+].[K+]. The third kappa shape index (κ3) is 49.9. The second-order valence-corrected chi connectivity index (χ2v) is 48.0. The maximum absolute atomic E-state index is 5.33. The molecule has 0 aromatic rings. The van der Waals surface area contributed by atoms with Gasteiger partial charge in [-0.05, 0) is 0 Å². The molecule has 0 saturated carbocycles. The van der Waals surface area contributed by atoms with E-state index >= 15 is 0 Å². The predicted octanol–water partition coefficient (Wildman–Crippen LogP) is -7.98. The molecule has 0 aromatic carbocycles. The molecule has 0 aliphatic carbocycles. The van der Waals surface area contributed by atoms with Crippen molar-refractivity contribution in [2.24, 2.45) is 0 Å². The molecule has 0 spiro atoms. The van der Waals surface area contributed by atoms with Gasteiger partial charge in [0.25, 0.3) is 0 Å². The number of hydrogen-bond acceptors (Lipinski definition) is 12. The quantitative estimate of drug-likeness (QED) is 0.170. The summed E-state index contributed by atoms with van der Waals surface area (Å²) in [7, 11) is 0. The van der Waals surface area contributed by atoms with E-state index in [-0.39, 0.29) is 103 Å². The fourth-order valence-electron chi connectivity index (χ4n) is 2.94. The minimum absolute atomic E-state index is 0. The molecule has 0 amide bonds. The molecule has 12 nitrogen and oxygen atoms in total. The predicted molar refractivity (Wildman–Crippen MR) is 185 cm³/mol. The minimum Gasteiger partial charge on any atom is -0.377 e. The summed E-state index contributed by atoms with van der Waals surface area (Å²) in [4.78, 5) is 4.83. The average Bonchev–Trinajstić information content (AvgIpc) is 3.86. The smallest absolute Gasteiger partial charge is 0.377 e. The summed E-state index contributed by atoms with van der Waals surface area (Å²) in [5.74, 6) is 0. The number of ether oxygens (including phenoxy) is 12. The van der Waals surface area contributed by atoms with E-state index in [1.165, 1.54) is 0 Å². The first-order chi connectivity index (χ1) is 23.0. The van der Waals surface area contributed by atoms with Gasteiger partial charge in [0.05, 0.1) is 159 Å². The van der Waals surface area contributed by atoms with Crippen LogP contribution in [0.5, 0.6) is 0 Å². The van der Waals surface area contributed by atoms with Crippen molar-refractivity contribution in [1.82, 2.24) is 0 Å². The zero-order valence-electron chi connectivity index (χ0n) is 28.9.